The summed E-state index contributed by atoms with van der Waals surface area (Å²) in [6.45, 7) is 3.35. The SMILES string of the molecule is O=C1CCC(n2ccc3cc(N4CCC(COCc5ccccc5)CC4)ccc3c2=O)C(=O)N1. The number of carbonyl (C=O) groups is 2. The van der Waals surface area contributed by atoms with Gasteiger partial charge >= 0.3 is 0 Å². The highest BCUT2D eigenvalue weighted by Gasteiger charge is 2.29. The van der Waals surface area contributed by atoms with E-state index >= 15 is 0 Å². The maximum atomic E-state index is 13.1. The van der Waals surface area contributed by atoms with Crippen molar-refractivity contribution in [2.24, 2.45) is 5.92 Å². The Labute approximate surface area is 198 Å². The first kappa shape index (κ1) is 22.3. The third-order valence-corrected chi connectivity index (χ3v) is 6.91. The zero-order valence-electron chi connectivity index (χ0n) is 19.1. The van der Waals surface area contributed by atoms with Crippen LogP contribution in [0.3, 0.4) is 0 Å². The number of pyridine rings is 1. The highest BCUT2D eigenvalue weighted by molar-refractivity contribution is 5.99. The van der Waals surface area contributed by atoms with E-state index in [-0.39, 0.29) is 17.9 Å². The smallest absolute Gasteiger partial charge is 0.259 e. The molecule has 0 bridgehead atoms. The molecule has 2 aliphatic rings. The van der Waals surface area contributed by atoms with E-state index in [1.54, 1.807) is 6.20 Å². The van der Waals surface area contributed by atoms with Crippen LogP contribution in [0.4, 0.5) is 5.69 Å². The van der Waals surface area contributed by atoms with E-state index in [9.17, 15) is 14.4 Å². The van der Waals surface area contributed by atoms with Gasteiger partial charge in [-0.15, -0.1) is 0 Å². The van der Waals surface area contributed by atoms with Gasteiger partial charge in [-0.25, -0.2) is 0 Å². The third-order valence-electron chi connectivity index (χ3n) is 6.91. The molecule has 0 spiro atoms. The number of hydrogen-bond acceptors (Lipinski definition) is 5. The van der Waals surface area contributed by atoms with E-state index in [0.717, 1.165) is 43.6 Å². The van der Waals surface area contributed by atoms with E-state index in [0.29, 0.717) is 24.3 Å². The Balaban J connectivity index is 1.21. The van der Waals surface area contributed by atoms with Gasteiger partial charge in [0.05, 0.1) is 6.61 Å². The van der Waals surface area contributed by atoms with Gasteiger partial charge in [0.25, 0.3) is 5.56 Å². The topological polar surface area (TPSA) is 80.6 Å². The average molecular weight is 460 g/mol. The van der Waals surface area contributed by atoms with Gasteiger partial charge in [0.2, 0.25) is 11.8 Å². The second-order valence-electron chi connectivity index (χ2n) is 9.20. The van der Waals surface area contributed by atoms with Crippen LogP contribution in [0.15, 0.2) is 65.6 Å². The van der Waals surface area contributed by atoms with Gasteiger partial charge in [0.1, 0.15) is 6.04 Å². The first-order valence-corrected chi connectivity index (χ1v) is 11.9. The largest absolute Gasteiger partial charge is 0.376 e. The summed E-state index contributed by atoms with van der Waals surface area (Å²) in [4.78, 5) is 39.1. The molecule has 0 radical (unpaired) electrons. The van der Waals surface area contributed by atoms with Gasteiger partial charge < -0.3 is 14.2 Å². The van der Waals surface area contributed by atoms with Crippen LogP contribution < -0.4 is 15.8 Å². The van der Waals surface area contributed by atoms with Crippen molar-refractivity contribution in [2.75, 3.05) is 24.6 Å². The predicted octanol–water partition coefficient (Wildman–Crippen LogP) is 3.41. The molecule has 7 nitrogen and oxygen atoms in total. The van der Waals surface area contributed by atoms with Crippen LogP contribution in [-0.4, -0.2) is 36.1 Å². The second kappa shape index (κ2) is 9.81. The molecular formula is C27H29N3O4. The summed E-state index contributed by atoms with van der Waals surface area (Å²) in [6.07, 6.45) is 4.41. The van der Waals surface area contributed by atoms with Crippen LogP contribution in [0.5, 0.6) is 0 Å². The molecule has 1 aromatic heterocycles. The minimum absolute atomic E-state index is 0.201. The molecule has 2 fully saturated rings. The van der Waals surface area contributed by atoms with Gasteiger partial charge in [-0.05, 0) is 60.4 Å². The van der Waals surface area contributed by atoms with Gasteiger partial charge in [0, 0.05) is 43.4 Å². The van der Waals surface area contributed by atoms with Crippen molar-refractivity contribution < 1.29 is 14.3 Å². The molecule has 7 heteroatoms. The molecule has 2 saturated heterocycles. The number of anilines is 1. The number of fused-ring (bicyclic) bond motifs is 1. The predicted molar refractivity (Wildman–Crippen MR) is 131 cm³/mol. The number of ether oxygens (including phenoxy) is 1. The molecule has 0 saturated carbocycles. The third kappa shape index (κ3) is 4.75. The summed E-state index contributed by atoms with van der Waals surface area (Å²) < 4.78 is 7.39. The van der Waals surface area contributed by atoms with Gasteiger partial charge in [-0.3, -0.25) is 19.7 Å². The van der Waals surface area contributed by atoms with Crippen molar-refractivity contribution in [1.29, 1.82) is 0 Å². The maximum Gasteiger partial charge on any atom is 0.259 e. The molecule has 34 heavy (non-hydrogen) atoms. The first-order valence-electron chi connectivity index (χ1n) is 11.9. The van der Waals surface area contributed by atoms with Crippen molar-refractivity contribution >= 4 is 28.3 Å². The van der Waals surface area contributed by atoms with Gasteiger partial charge in [-0.1, -0.05) is 30.3 Å². The lowest BCUT2D eigenvalue weighted by Crippen LogP contribution is -2.44. The molecule has 2 amide bonds. The van der Waals surface area contributed by atoms with Crippen LogP contribution in [0.1, 0.15) is 37.3 Å². The van der Waals surface area contributed by atoms with E-state index in [1.807, 2.05) is 36.4 Å². The zero-order valence-corrected chi connectivity index (χ0v) is 19.1. The van der Waals surface area contributed by atoms with Crippen LogP contribution in [0.25, 0.3) is 10.8 Å². The second-order valence-corrected chi connectivity index (χ2v) is 9.20. The molecular weight excluding hydrogens is 430 g/mol. The van der Waals surface area contributed by atoms with Crippen molar-refractivity contribution in [2.45, 2.75) is 38.3 Å². The number of carbonyl (C=O) groups excluding carboxylic acids is 2. The molecule has 3 heterocycles. The first-order chi connectivity index (χ1) is 16.6. The van der Waals surface area contributed by atoms with Gasteiger partial charge in [-0.2, -0.15) is 0 Å². The Morgan fingerprint density at radius 2 is 1.74 bits per heavy atom. The number of hydrogen-bond donors (Lipinski definition) is 1. The van der Waals surface area contributed by atoms with Crippen LogP contribution in [-0.2, 0) is 20.9 Å². The Kier molecular flexibility index (Phi) is 6.45. The molecule has 1 unspecified atom stereocenters. The normalized spacial score (nSPS) is 19.4. The maximum absolute atomic E-state index is 13.1. The number of piperidine rings is 2. The monoisotopic (exact) mass is 459 g/mol. The lowest BCUT2D eigenvalue weighted by molar-refractivity contribution is -0.135. The van der Waals surface area contributed by atoms with Crippen LogP contribution in [0.2, 0.25) is 0 Å². The number of benzene rings is 2. The number of amides is 2. The van der Waals surface area contributed by atoms with Gasteiger partial charge in [0.15, 0.2) is 0 Å². The van der Waals surface area contributed by atoms with Crippen molar-refractivity contribution in [3.8, 4) is 0 Å². The molecule has 5 rings (SSSR count). The van der Waals surface area contributed by atoms with Crippen LogP contribution in [0, 0.1) is 5.92 Å². The molecule has 1 N–H and O–H groups in total. The number of aromatic nitrogens is 1. The summed E-state index contributed by atoms with van der Waals surface area (Å²) in [5, 5.41) is 3.77. The Bertz CT molecular complexity index is 1250. The summed E-state index contributed by atoms with van der Waals surface area (Å²) in [6, 6.07) is 17.4. The Morgan fingerprint density at radius 1 is 0.941 bits per heavy atom. The quantitative estimate of drug-likeness (QED) is 0.572. The Hall–Kier alpha value is -3.45. The summed E-state index contributed by atoms with van der Waals surface area (Å²) >= 11 is 0. The highest BCUT2D eigenvalue weighted by atomic mass is 16.5. The number of nitrogens with one attached hydrogen (secondary N) is 1. The molecule has 176 valence electrons. The van der Waals surface area contributed by atoms with E-state index in [2.05, 4.69) is 28.4 Å². The fourth-order valence-electron chi connectivity index (χ4n) is 4.92. The van der Waals surface area contributed by atoms with E-state index in [1.165, 1.54) is 10.1 Å². The van der Waals surface area contributed by atoms with Crippen molar-refractivity contribution in [3.05, 3.63) is 76.7 Å². The number of nitrogens with zero attached hydrogens (tertiary/aromatic N) is 2. The zero-order chi connectivity index (χ0) is 23.5. The lowest BCUT2D eigenvalue weighted by atomic mass is 9.97. The molecule has 1 atom stereocenters. The minimum atomic E-state index is -0.641. The van der Waals surface area contributed by atoms with Crippen molar-refractivity contribution in [1.82, 2.24) is 9.88 Å². The number of imide groups is 1. The lowest BCUT2D eigenvalue weighted by Gasteiger charge is -2.33. The average Bonchev–Trinajstić information content (AvgIpc) is 2.86. The fraction of sp³-hybridized carbons (Fsp3) is 0.370. The molecule has 2 aromatic carbocycles. The van der Waals surface area contributed by atoms with E-state index in [4.69, 9.17) is 4.74 Å². The molecule has 3 aromatic rings. The fourth-order valence-corrected chi connectivity index (χ4v) is 4.92. The molecule has 2 aliphatic heterocycles. The minimum Gasteiger partial charge on any atom is -0.376 e. The van der Waals surface area contributed by atoms with Crippen LogP contribution >= 0.6 is 0 Å². The number of rotatable bonds is 6. The summed E-state index contributed by atoms with van der Waals surface area (Å²) in [5.41, 5.74) is 2.11. The van der Waals surface area contributed by atoms with Crippen molar-refractivity contribution in [3.63, 3.8) is 0 Å². The Morgan fingerprint density at radius 3 is 2.50 bits per heavy atom. The standard InChI is InChI=1S/C27H29N3O4/c31-25-9-8-24(26(32)28-25)30-15-12-21-16-22(6-7-23(21)27(30)33)29-13-10-20(11-14-29)18-34-17-19-4-2-1-3-5-19/h1-7,12,15-16,20,24H,8-11,13-14,17-18H2,(H,28,31,32). The summed E-state index contributed by atoms with van der Waals surface area (Å²) in [7, 11) is 0. The molecule has 0 aliphatic carbocycles. The highest BCUT2D eigenvalue weighted by Crippen LogP contribution is 2.27. The summed E-state index contributed by atoms with van der Waals surface area (Å²) in [5.74, 6) is -0.141. The van der Waals surface area contributed by atoms with E-state index < -0.39 is 11.9 Å².